The van der Waals surface area contributed by atoms with Gasteiger partial charge in [-0.1, -0.05) is 60.7 Å². The van der Waals surface area contributed by atoms with Gasteiger partial charge < -0.3 is 0 Å². The van der Waals surface area contributed by atoms with Gasteiger partial charge in [0.2, 0.25) is 10.0 Å². The Bertz CT molecular complexity index is 971. The van der Waals surface area contributed by atoms with Gasteiger partial charge in [-0.2, -0.15) is 4.31 Å². The van der Waals surface area contributed by atoms with Crippen molar-refractivity contribution in [2.45, 2.75) is 10.3 Å². The molecular formula is C19H17NO2S2. The van der Waals surface area contributed by atoms with Crippen LogP contribution in [0.4, 0.5) is 0 Å². The fourth-order valence-corrected chi connectivity index (χ4v) is 6.32. The standard InChI is InChI=1S/C19H17NO2S2/c21-24(22,18-11-10-15-6-4-5-9-17(15)14-18)20-12-13-23-19(20)16-7-2-1-3-8-16/h1-11,14,19H,12-13H2/t19-/m0/s1. The normalized spacial score (nSPS) is 18.9. The first-order valence-corrected chi connectivity index (χ1v) is 10.3. The first-order valence-electron chi connectivity index (χ1n) is 7.83. The van der Waals surface area contributed by atoms with Gasteiger partial charge in [0.25, 0.3) is 0 Å². The SMILES string of the molecule is O=S(=O)(c1ccc2ccccc2c1)N1CCS[C@H]1c1ccccc1. The van der Waals surface area contributed by atoms with Crippen LogP contribution in [0.1, 0.15) is 10.9 Å². The number of sulfonamides is 1. The van der Waals surface area contributed by atoms with E-state index < -0.39 is 10.0 Å². The molecule has 5 heteroatoms. The summed E-state index contributed by atoms with van der Waals surface area (Å²) >= 11 is 1.68. The minimum Gasteiger partial charge on any atom is -0.207 e. The zero-order chi connectivity index (χ0) is 16.6. The molecule has 0 spiro atoms. The first kappa shape index (κ1) is 15.7. The van der Waals surface area contributed by atoms with Gasteiger partial charge in [-0.3, -0.25) is 0 Å². The quantitative estimate of drug-likeness (QED) is 0.704. The second-order valence-electron chi connectivity index (χ2n) is 5.76. The van der Waals surface area contributed by atoms with Crippen molar-refractivity contribution in [2.24, 2.45) is 0 Å². The molecule has 0 amide bonds. The predicted octanol–water partition coefficient (Wildman–Crippen LogP) is 4.28. The number of thioether (sulfide) groups is 1. The van der Waals surface area contributed by atoms with Crippen molar-refractivity contribution in [1.82, 2.24) is 4.31 Å². The van der Waals surface area contributed by atoms with E-state index in [4.69, 9.17) is 0 Å². The summed E-state index contributed by atoms with van der Waals surface area (Å²) in [6.07, 6.45) is 0. The van der Waals surface area contributed by atoms with Crippen LogP contribution in [0.5, 0.6) is 0 Å². The van der Waals surface area contributed by atoms with E-state index in [9.17, 15) is 8.42 Å². The highest BCUT2D eigenvalue weighted by molar-refractivity contribution is 8.01. The summed E-state index contributed by atoms with van der Waals surface area (Å²) in [4.78, 5) is 0.365. The molecule has 1 heterocycles. The van der Waals surface area contributed by atoms with Crippen molar-refractivity contribution in [3.63, 3.8) is 0 Å². The number of fused-ring (bicyclic) bond motifs is 1. The summed E-state index contributed by atoms with van der Waals surface area (Å²) in [5, 5.41) is 1.84. The van der Waals surface area contributed by atoms with Gasteiger partial charge in [-0.15, -0.1) is 11.8 Å². The number of nitrogens with zero attached hydrogens (tertiary/aromatic N) is 1. The Balaban J connectivity index is 1.75. The molecule has 0 unspecified atom stereocenters. The second-order valence-corrected chi connectivity index (χ2v) is 8.84. The molecule has 122 valence electrons. The molecule has 1 saturated heterocycles. The smallest absolute Gasteiger partial charge is 0.207 e. The van der Waals surface area contributed by atoms with Crippen LogP contribution in [0.15, 0.2) is 77.7 Å². The highest BCUT2D eigenvalue weighted by Crippen LogP contribution is 2.41. The van der Waals surface area contributed by atoms with Crippen molar-refractivity contribution in [3.8, 4) is 0 Å². The van der Waals surface area contributed by atoms with Crippen molar-refractivity contribution in [1.29, 1.82) is 0 Å². The molecule has 0 saturated carbocycles. The van der Waals surface area contributed by atoms with Gasteiger partial charge in [-0.05, 0) is 28.5 Å². The molecule has 0 N–H and O–H groups in total. The lowest BCUT2D eigenvalue weighted by Gasteiger charge is -2.23. The number of hydrogen-bond donors (Lipinski definition) is 0. The van der Waals surface area contributed by atoms with E-state index in [1.54, 1.807) is 28.2 Å². The average molecular weight is 355 g/mol. The third-order valence-corrected chi connectivity index (χ3v) is 7.52. The summed E-state index contributed by atoms with van der Waals surface area (Å²) in [6.45, 7) is 0.541. The van der Waals surface area contributed by atoms with Gasteiger partial charge >= 0.3 is 0 Å². The van der Waals surface area contributed by atoms with E-state index in [2.05, 4.69) is 0 Å². The molecule has 3 aromatic rings. The first-order chi connectivity index (χ1) is 11.7. The summed E-state index contributed by atoms with van der Waals surface area (Å²) in [5.74, 6) is 0.812. The van der Waals surface area contributed by atoms with Gasteiger partial charge in [0, 0.05) is 12.3 Å². The fraction of sp³-hybridized carbons (Fsp3) is 0.158. The molecule has 3 nitrogen and oxygen atoms in total. The molecule has 0 radical (unpaired) electrons. The van der Waals surface area contributed by atoms with Gasteiger partial charge in [-0.25, -0.2) is 8.42 Å². The molecule has 1 aliphatic rings. The van der Waals surface area contributed by atoms with Gasteiger partial charge in [0.05, 0.1) is 10.3 Å². The maximum Gasteiger partial charge on any atom is 0.244 e. The topological polar surface area (TPSA) is 37.4 Å². The van der Waals surface area contributed by atoms with Crippen molar-refractivity contribution in [3.05, 3.63) is 78.4 Å². The lowest BCUT2D eigenvalue weighted by molar-refractivity contribution is 0.434. The lowest BCUT2D eigenvalue weighted by atomic mass is 10.1. The Hall–Kier alpha value is -1.82. The van der Waals surface area contributed by atoms with E-state index in [-0.39, 0.29) is 5.37 Å². The van der Waals surface area contributed by atoms with Crippen LogP contribution in [0.3, 0.4) is 0 Å². The molecule has 0 aliphatic carbocycles. The minimum absolute atomic E-state index is 0.150. The maximum absolute atomic E-state index is 13.2. The Kier molecular flexibility index (Phi) is 4.08. The molecule has 4 rings (SSSR count). The highest BCUT2D eigenvalue weighted by atomic mass is 32.2. The summed E-state index contributed by atoms with van der Waals surface area (Å²) in [6, 6.07) is 23.0. The van der Waals surface area contributed by atoms with E-state index in [0.717, 1.165) is 22.1 Å². The van der Waals surface area contributed by atoms with Crippen LogP contribution in [0.25, 0.3) is 10.8 Å². The molecular weight excluding hydrogens is 338 g/mol. The second kappa shape index (κ2) is 6.24. The Morgan fingerprint density at radius 3 is 2.38 bits per heavy atom. The molecule has 24 heavy (non-hydrogen) atoms. The molecule has 1 atom stereocenters. The third-order valence-electron chi connectivity index (χ3n) is 4.26. The Morgan fingerprint density at radius 1 is 0.875 bits per heavy atom. The van der Waals surface area contributed by atoms with Crippen molar-refractivity contribution in [2.75, 3.05) is 12.3 Å². The van der Waals surface area contributed by atoms with E-state index in [1.165, 1.54) is 0 Å². The van der Waals surface area contributed by atoms with E-state index in [0.29, 0.717) is 11.4 Å². The van der Waals surface area contributed by atoms with Crippen molar-refractivity contribution < 1.29 is 8.42 Å². The van der Waals surface area contributed by atoms with Crippen LogP contribution in [-0.2, 0) is 10.0 Å². The molecule has 1 aliphatic heterocycles. The number of rotatable bonds is 3. The summed E-state index contributed by atoms with van der Waals surface area (Å²) < 4.78 is 28.0. The van der Waals surface area contributed by atoms with E-state index in [1.807, 2.05) is 60.7 Å². The van der Waals surface area contributed by atoms with Gasteiger partial charge in [0.1, 0.15) is 0 Å². The Morgan fingerprint density at radius 2 is 1.58 bits per heavy atom. The monoisotopic (exact) mass is 355 g/mol. The van der Waals surface area contributed by atoms with Crippen LogP contribution >= 0.6 is 11.8 Å². The minimum atomic E-state index is -3.51. The predicted molar refractivity (Wildman–Crippen MR) is 99.5 cm³/mol. The molecule has 0 bridgehead atoms. The van der Waals surface area contributed by atoms with Crippen LogP contribution in [0, 0.1) is 0 Å². The lowest BCUT2D eigenvalue weighted by Crippen LogP contribution is -2.30. The fourth-order valence-electron chi connectivity index (χ4n) is 3.04. The molecule has 1 fully saturated rings. The van der Waals surface area contributed by atoms with E-state index >= 15 is 0 Å². The molecule has 3 aromatic carbocycles. The highest BCUT2D eigenvalue weighted by Gasteiger charge is 2.36. The zero-order valence-corrected chi connectivity index (χ0v) is 14.6. The maximum atomic E-state index is 13.2. The zero-order valence-electron chi connectivity index (χ0n) is 13.0. The summed E-state index contributed by atoms with van der Waals surface area (Å²) in [7, 11) is -3.51. The third kappa shape index (κ3) is 2.73. The number of hydrogen-bond acceptors (Lipinski definition) is 3. The van der Waals surface area contributed by atoms with Crippen LogP contribution < -0.4 is 0 Å². The van der Waals surface area contributed by atoms with Crippen LogP contribution in [-0.4, -0.2) is 25.0 Å². The number of benzene rings is 3. The Labute approximate surface area is 146 Å². The van der Waals surface area contributed by atoms with Crippen molar-refractivity contribution >= 4 is 32.6 Å². The largest absolute Gasteiger partial charge is 0.244 e. The summed E-state index contributed by atoms with van der Waals surface area (Å²) in [5.41, 5.74) is 1.03. The van der Waals surface area contributed by atoms with Crippen LogP contribution in [0.2, 0.25) is 0 Å². The van der Waals surface area contributed by atoms with Gasteiger partial charge in [0.15, 0.2) is 0 Å². The average Bonchev–Trinajstić information content (AvgIpc) is 3.13. The molecule has 0 aromatic heterocycles.